The molecule has 0 saturated carbocycles. The number of primary amides is 1. The number of aromatic amines is 1. The molecule has 1 unspecified atom stereocenters. The highest BCUT2D eigenvalue weighted by atomic mass is 16.6. The van der Waals surface area contributed by atoms with Crippen LogP contribution < -0.4 is 27.0 Å². The maximum absolute atomic E-state index is 13.7. The molecule has 4 atom stereocenters. The van der Waals surface area contributed by atoms with Crippen molar-refractivity contribution < 1.29 is 33.5 Å². The highest BCUT2D eigenvalue weighted by molar-refractivity contribution is 6.00. The van der Waals surface area contributed by atoms with E-state index in [0.717, 1.165) is 38.0 Å². The van der Waals surface area contributed by atoms with Crippen LogP contribution >= 0.6 is 0 Å². The number of nitrogens with zero attached hydrogens (tertiary/aromatic N) is 4. The first-order valence-corrected chi connectivity index (χ1v) is 18.4. The second-order valence-electron chi connectivity index (χ2n) is 15.5. The van der Waals surface area contributed by atoms with E-state index < -0.39 is 47.5 Å². The van der Waals surface area contributed by atoms with Gasteiger partial charge in [0.25, 0.3) is 0 Å². The van der Waals surface area contributed by atoms with E-state index in [1.807, 2.05) is 18.2 Å². The molecule has 0 bridgehead atoms. The molecule has 4 saturated heterocycles. The van der Waals surface area contributed by atoms with Gasteiger partial charge in [0.2, 0.25) is 29.5 Å². The second-order valence-corrected chi connectivity index (χ2v) is 15.5. The molecule has 282 valence electrons. The van der Waals surface area contributed by atoms with Gasteiger partial charge in [-0.25, -0.2) is 9.59 Å². The Kier molecular flexibility index (Phi) is 10.6. The number of benzene rings is 1. The fourth-order valence-electron chi connectivity index (χ4n) is 8.17. The molecule has 5 heterocycles. The summed E-state index contributed by atoms with van der Waals surface area (Å²) < 4.78 is 6.84. The van der Waals surface area contributed by atoms with Crippen molar-refractivity contribution in [3.05, 3.63) is 28.7 Å². The number of ether oxygens (including phenoxy) is 1. The van der Waals surface area contributed by atoms with E-state index in [9.17, 15) is 33.6 Å². The minimum atomic E-state index is -1.07. The lowest BCUT2D eigenvalue weighted by Gasteiger charge is -2.38. The highest BCUT2D eigenvalue weighted by Crippen LogP contribution is 2.31. The molecule has 16 nitrogen and oxygen atoms in total. The molecular weight excluding hydrogens is 672 g/mol. The fraction of sp³-hybridized carbons (Fsp3) is 0.639. The number of anilines is 1. The molecule has 4 fully saturated rings. The van der Waals surface area contributed by atoms with Crippen molar-refractivity contribution in [3.63, 3.8) is 0 Å². The van der Waals surface area contributed by atoms with E-state index in [-0.39, 0.29) is 42.9 Å². The van der Waals surface area contributed by atoms with Crippen LogP contribution in [0.3, 0.4) is 0 Å². The van der Waals surface area contributed by atoms with Crippen molar-refractivity contribution in [1.82, 2.24) is 30.0 Å². The Hall–Kier alpha value is -4.89. The molecule has 5 N–H and O–H groups in total. The number of hydrogen-bond donors (Lipinski definition) is 4. The van der Waals surface area contributed by atoms with Gasteiger partial charge < -0.3 is 35.5 Å². The number of alkyl carbamates (subject to hydrolysis) is 1. The molecule has 1 aromatic heterocycles. The van der Waals surface area contributed by atoms with Crippen LogP contribution in [0.1, 0.15) is 91.0 Å². The largest absolute Gasteiger partial charge is 0.444 e. The minimum Gasteiger partial charge on any atom is -0.444 e. The molecule has 4 aliphatic rings. The molecule has 52 heavy (non-hydrogen) atoms. The first-order valence-electron chi connectivity index (χ1n) is 18.4. The van der Waals surface area contributed by atoms with Gasteiger partial charge in [0.15, 0.2) is 0 Å². The fourth-order valence-corrected chi connectivity index (χ4v) is 8.17. The smallest absolute Gasteiger partial charge is 0.408 e. The number of nitrogens with one attached hydrogen (secondary N) is 3. The quantitative estimate of drug-likeness (QED) is 0.292. The summed E-state index contributed by atoms with van der Waals surface area (Å²) in [6.07, 6.45) is 5.04. The molecule has 2 aromatic rings. The summed E-state index contributed by atoms with van der Waals surface area (Å²) in [5.74, 6) is -1.45. The third-order valence-electron chi connectivity index (χ3n) is 10.8. The Morgan fingerprint density at radius 1 is 0.981 bits per heavy atom. The molecule has 16 heteroatoms. The number of amides is 6. The lowest BCUT2D eigenvalue weighted by molar-refractivity contribution is -0.144. The first-order chi connectivity index (χ1) is 24.7. The number of aromatic nitrogens is 2. The van der Waals surface area contributed by atoms with E-state index in [4.69, 9.17) is 10.5 Å². The predicted molar refractivity (Wildman–Crippen MR) is 190 cm³/mol. The van der Waals surface area contributed by atoms with Crippen molar-refractivity contribution >= 4 is 52.3 Å². The number of rotatable bonds is 8. The molecule has 6 rings (SSSR count). The maximum atomic E-state index is 13.7. The summed E-state index contributed by atoms with van der Waals surface area (Å²) in [6, 6.07) is 2.93. The van der Waals surface area contributed by atoms with Gasteiger partial charge in [0, 0.05) is 44.2 Å². The number of piperidine rings is 2. The van der Waals surface area contributed by atoms with Gasteiger partial charge in [-0.3, -0.25) is 33.9 Å². The monoisotopic (exact) mass is 722 g/mol. The summed E-state index contributed by atoms with van der Waals surface area (Å²) in [5.41, 5.74) is 6.69. The van der Waals surface area contributed by atoms with Crippen LogP contribution in [0.4, 0.5) is 10.5 Å². The second kappa shape index (κ2) is 15.0. The van der Waals surface area contributed by atoms with E-state index in [1.165, 1.54) is 9.47 Å². The average molecular weight is 723 g/mol. The number of carbonyl (C=O) groups excluding carboxylic acids is 6. The zero-order valence-corrected chi connectivity index (χ0v) is 30.2. The maximum Gasteiger partial charge on any atom is 0.408 e. The van der Waals surface area contributed by atoms with Crippen LogP contribution in [0.5, 0.6) is 0 Å². The van der Waals surface area contributed by atoms with Crippen molar-refractivity contribution in [2.45, 2.75) is 115 Å². The van der Waals surface area contributed by atoms with Crippen LogP contribution in [-0.2, 0) is 28.7 Å². The van der Waals surface area contributed by atoms with Crippen LogP contribution in [0.25, 0.3) is 11.0 Å². The number of hydrogen-bond acceptors (Lipinski definition) is 9. The normalized spacial score (nSPS) is 24.7. The van der Waals surface area contributed by atoms with Gasteiger partial charge in [-0.2, -0.15) is 0 Å². The molecule has 0 aliphatic carbocycles. The van der Waals surface area contributed by atoms with Gasteiger partial charge in [-0.1, -0.05) is 0 Å². The van der Waals surface area contributed by atoms with Crippen molar-refractivity contribution in [1.29, 1.82) is 0 Å². The molecule has 1 aromatic carbocycles. The van der Waals surface area contributed by atoms with E-state index in [0.29, 0.717) is 55.6 Å². The van der Waals surface area contributed by atoms with Gasteiger partial charge in [0.05, 0.1) is 17.6 Å². The minimum absolute atomic E-state index is 0.0173. The van der Waals surface area contributed by atoms with Gasteiger partial charge >= 0.3 is 11.8 Å². The van der Waals surface area contributed by atoms with Crippen LogP contribution in [-0.4, -0.2) is 105 Å². The summed E-state index contributed by atoms with van der Waals surface area (Å²) >= 11 is 0. The Labute approximate surface area is 301 Å². The SMILES string of the molecule is CC(C)(C)OC(=O)N[C@H]1CN(C(=O)CCCC2CCN(c3ccc4c(c3)[nH]c(=O)n4C3CCC(=O)NC3=O)CC2)CC[C@H]2CC[C@@H](C(N)=O)N2C1=O. The number of carbonyl (C=O) groups is 6. The number of imide groups is 1. The Balaban J connectivity index is 1.02. The number of H-pyrrole nitrogens is 1. The first kappa shape index (κ1) is 36.9. The third kappa shape index (κ3) is 8.10. The average Bonchev–Trinajstić information content (AvgIpc) is 3.64. The van der Waals surface area contributed by atoms with Crippen LogP contribution in [0.15, 0.2) is 23.0 Å². The lowest BCUT2D eigenvalue weighted by atomic mass is 9.91. The van der Waals surface area contributed by atoms with E-state index >= 15 is 0 Å². The third-order valence-corrected chi connectivity index (χ3v) is 10.8. The van der Waals surface area contributed by atoms with Gasteiger partial charge in [-0.15, -0.1) is 0 Å². The molecule has 4 aliphatic heterocycles. The Morgan fingerprint density at radius 2 is 1.73 bits per heavy atom. The number of imidazole rings is 1. The summed E-state index contributed by atoms with van der Waals surface area (Å²) in [4.78, 5) is 97.4. The Morgan fingerprint density at radius 3 is 2.42 bits per heavy atom. The summed E-state index contributed by atoms with van der Waals surface area (Å²) in [6.45, 7) is 7.18. The van der Waals surface area contributed by atoms with Crippen molar-refractivity contribution in [2.75, 3.05) is 31.1 Å². The zero-order chi connectivity index (χ0) is 37.3. The molecule has 0 radical (unpaired) electrons. The standard InChI is InChI=1S/C36H50N8O8/c1-36(2,3)52-35(51)39-25-20-42(18-15-22-7-10-27(31(37)47)43(22)33(25)49)30(46)6-4-5-21-13-16-41(17-14-21)23-8-9-26-24(19-23)38-34(50)44(26)28-11-12-29(45)40-32(28)48/h8-9,19,21-22,25,27-28H,4-7,10-18,20H2,1-3H3,(H2,37,47)(H,38,50)(H,39,51)(H,40,45,48)/t22-,25+,27+,28?/m1/s1. The van der Waals surface area contributed by atoms with E-state index in [1.54, 1.807) is 25.7 Å². The van der Waals surface area contributed by atoms with E-state index in [2.05, 4.69) is 20.5 Å². The van der Waals surface area contributed by atoms with Gasteiger partial charge in [-0.05, 0) is 96.3 Å². The van der Waals surface area contributed by atoms with Crippen LogP contribution in [0, 0.1) is 5.92 Å². The highest BCUT2D eigenvalue weighted by Gasteiger charge is 2.45. The van der Waals surface area contributed by atoms with Crippen molar-refractivity contribution in [2.24, 2.45) is 11.7 Å². The lowest BCUT2D eigenvalue weighted by Crippen LogP contribution is -2.61. The molecule has 0 spiro atoms. The summed E-state index contributed by atoms with van der Waals surface area (Å²) in [7, 11) is 0. The predicted octanol–water partition coefficient (Wildman–Crippen LogP) is 1.66. The molecular formula is C36H50N8O8. The molecule has 6 amide bonds. The van der Waals surface area contributed by atoms with Gasteiger partial charge in [0.1, 0.15) is 23.7 Å². The van der Waals surface area contributed by atoms with Crippen LogP contribution in [0.2, 0.25) is 0 Å². The zero-order valence-electron chi connectivity index (χ0n) is 30.2. The number of nitrogens with two attached hydrogens (primary N) is 1. The Bertz CT molecular complexity index is 1790. The topological polar surface area (TPSA) is 209 Å². The van der Waals surface area contributed by atoms with Crippen molar-refractivity contribution in [3.8, 4) is 0 Å². The number of fused-ring (bicyclic) bond motifs is 2. The summed E-state index contributed by atoms with van der Waals surface area (Å²) in [5, 5.41) is 4.98.